The van der Waals surface area contributed by atoms with Gasteiger partial charge in [0.05, 0.1) is 26.4 Å². The number of amides is 1. The van der Waals surface area contributed by atoms with Crippen LogP contribution in [0, 0.1) is 0 Å². The van der Waals surface area contributed by atoms with Crippen LogP contribution in [0.15, 0.2) is 30.5 Å². The number of carbonyl (C=O) groups excluding carboxylic acids is 1. The molecule has 0 aliphatic heterocycles. The van der Waals surface area contributed by atoms with Gasteiger partial charge in [-0.15, -0.1) is 0 Å². The molecule has 8 heteroatoms. The number of ether oxygens (including phenoxy) is 3. The standard InChI is InChI=1S/C17H20ClN3O4/c1-10(17(22)21-15-6-5-11(18)9-19-15)20-12-7-13(23-2)16(25-4)14(8-12)24-3/h5-10,20H,1-4H3,(H,19,21,22)/t10-/m0/s1. The minimum atomic E-state index is -0.528. The highest BCUT2D eigenvalue weighted by atomic mass is 35.5. The molecule has 0 aliphatic rings. The molecule has 2 N–H and O–H groups in total. The Labute approximate surface area is 151 Å². The second-order valence-corrected chi connectivity index (χ2v) is 5.57. The van der Waals surface area contributed by atoms with Crippen molar-refractivity contribution < 1.29 is 19.0 Å². The fourth-order valence-electron chi connectivity index (χ4n) is 2.16. The van der Waals surface area contributed by atoms with Gasteiger partial charge in [-0.2, -0.15) is 0 Å². The molecule has 0 saturated heterocycles. The lowest BCUT2D eigenvalue weighted by Crippen LogP contribution is -2.32. The largest absolute Gasteiger partial charge is 0.493 e. The number of hydrogen-bond acceptors (Lipinski definition) is 6. The molecule has 1 aromatic carbocycles. The molecule has 0 radical (unpaired) electrons. The van der Waals surface area contributed by atoms with Crippen LogP contribution in [-0.2, 0) is 4.79 Å². The van der Waals surface area contributed by atoms with Crippen molar-refractivity contribution in [1.29, 1.82) is 0 Å². The Morgan fingerprint density at radius 2 is 1.76 bits per heavy atom. The third-order valence-electron chi connectivity index (χ3n) is 3.42. The highest BCUT2D eigenvalue weighted by Gasteiger charge is 2.17. The number of benzene rings is 1. The lowest BCUT2D eigenvalue weighted by atomic mass is 10.2. The Balaban J connectivity index is 2.12. The SMILES string of the molecule is COc1cc(N[C@@H](C)C(=O)Nc2ccc(Cl)cn2)cc(OC)c1OC. The molecule has 0 fully saturated rings. The fraction of sp³-hybridized carbons (Fsp3) is 0.294. The van der Waals surface area contributed by atoms with E-state index in [0.717, 1.165) is 0 Å². The number of aromatic nitrogens is 1. The van der Waals surface area contributed by atoms with Gasteiger partial charge in [0, 0.05) is 24.0 Å². The van der Waals surface area contributed by atoms with Gasteiger partial charge in [0.1, 0.15) is 11.9 Å². The summed E-state index contributed by atoms with van der Waals surface area (Å²) < 4.78 is 15.9. The zero-order valence-electron chi connectivity index (χ0n) is 14.4. The van der Waals surface area contributed by atoms with Gasteiger partial charge >= 0.3 is 0 Å². The maximum atomic E-state index is 12.3. The van der Waals surface area contributed by atoms with E-state index in [4.69, 9.17) is 25.8 Å². The summed E-state index contributed by atoms with van der Waals surface area (Å²) in [6.07, 6.45) is 1.47. The van der Waals surface area contributed by atoms with E-state index in [2.05, 4.69) is 15.6 Å². The molecule has 0 aliphatic carbocycles. The molecular weight excluding hydrogens is 346 g/mol. The van der Waals surface area contributed by atoms with Crippen molar-refractivity contribution in [3.05, 3.63) is 35.5 Å². The van der Waals surface area contributed by atoms with Gasteiger partial charge in [0.25, 0.3) is 0 Å². The fourth-order valence-corrected chi connectivity index (χ4v) is 2.28. The van der Waals surface area contributed by atoms with Crippen LogP contribution in [0.4, 0.5) is 11.5 Å². The van der Waals surface area contributed by atoms with Crippen molar-refractivity contribution >= 4 is 29.0 Å². The van der Waals surface area contributed by atoms with Crippen molar-refractivity contribution in [3.63, 3.8) is 0 Å². The molecule has 2 aromatic rings. The van der Waals surface area contributed by atoms with Gasteiger partial charge in [0.2, 0.25) is 11.7 Å². The summed E-state index contributed by atoms with van der Waals surface area (Å²) in [5.74, 6) is 1.65. The molecule has 25 heavy (non-hydrogen) atoms. The van der Waals surface area contributed by atoms with Crippen LogP contribution < -0.4 is 24.8 Å². The van der Waals surface area contributed by atoms with Crippen molar-refractivity contribution in [2.75, 3.05) is 32.0 Å². The first-order valence-corrected chi connectivity index (χ1v) is 7.85. The molecule has 1 amide bonds. The van der Waals surface area contributed by atoms with E-state index in [1.165, 1.54) is 27.5 Å². The number of pyridine rings is 1. The number of anilines is 2. The number of nitrogens with one attached hydrogen (secondary N) is 2. The van der Waals surface area contributed by atoms with E-state index >= 15 is 0 Å². The quantitative estimate of drug-likeness (QED) is 0.784. The van der Waals surface area contributed by atoms with Crippen molar-refractivity contribution in [3.8, 4) is 17.2 Å². The van der Waals surface area contributed by atoms with E-state index in [1.54, 1.807) is 31.2 Å². The van der Waals surface area contributed by atoms with Gasteiger partial charge in [-0.3, -0.25) is 4.79 Å². The molecule has 1 atom stereocenters. The first-order valence-electron chi connectivity index (χ1n) is 7.47. The summed E-state index contributed by atoms with van der Waals surface area (Å²) in [5, 5.41) is 6.30. The monoisotopic (exact) mass is 365 g/mol. The van der Waals surface area contributed by atoms with Crippen LogP contribution in [0.3, 0.4) is 0 Å². The Kier molecular flexibility index (Phi) is 6.30. The number of methoxy groups -OCH3 is 3. The third-order valence-corrected chi connectivity index (χ3v) is 3.64. The molecule has 0 saturated carbocycles. The summed E-state index contributed by atoms with van der Waals surface area (Å²) in [7, 11) is 4.59. The number of rotatable bonds is 7. The Morgan fingerprint density at radius 1 is 1.12 bits per heavy atom. The van der Waals surface area contributed by atoms with Crippen LogP contribution in [0.5, 0.6) is 17.2 Å². The van der Waals surface area contributed by atoms with E-state index < -0.39 is 6.04 Å². The van der Waals surface area contributed by atoms with Crippen LogP contribution in [0.2, 0.25) is 5.02 Å². The first-order chi connectivity index (χ1) is 12.0. The lowest BCUT2D eigenvalue weighted by molar-refractivity contribution is -0.116. The molecule has 0 bridgehead atoms. The van der Waals surface area contributed by atoms with E-state index in [9.17, 15) is 4.79 Å². The van der Waals surface area contributed by atoms with Crippen molar-refractivity contribution in [2.24, 2.45) is 0 Å². The minimum Gasteiger partial charge on any atom is -0.493 e. The number of carbonyl (C=O) groups is 1. The number of halogens is 1. The van der Waals surface area contributed by atoms with Crippen LogP contribution in [-0.4, -0.2) is 38.3 Å². The molecular formula is C17H20ClN3O4. The zero-order chi connectivity index (χ0) is 18.4. The normalized spacial score (nSPS) is 11.4. The smallest absolute Gasteiger partial charge is 0.247 e. The summed E-state index contributed by atoms with van der Waals surface area (Å²) in [5.41, 5.74) is 0.654. The van der Waals surface area contributed by atoms with E-state index in [0.29, 0.717) is 33.8 Å². The Bertz CT molecular complexity index is 712. The molecule has 2 rings (SSSR count). The summed E-state index contributed by atoms with van der Waals surface area (Å²) >= 11 is 5.78. The molecule has 134 valence electrons. The topological polar surface area (TPSA) is 81.7 Å². The number of nitrogens with zero attached hydrogens (tertiary/aromatic N) is 1. The minimum absolute atomic E-state index is 0.247. The van der Waals surface area contributed by atoms with Crippen LogP contribution >= 0.6 is 11.6 Å². The Morgan fingerprint density at radius 3 is 2.24 bits per heavy atom. The highest BCUT2D eigenvalue weighted by Crippen LogP contribution is 2.40. The predicted octanol–water partition coefficient (Wildman–Crippen LogP) is 3.20. The van der Waals surface area contributed by atoms with Gasteiger partial charge in [-0.25, -0.2) is 4.98 Å². The molecule has 0 spiro atoms. The summed E-state index contributed by atoms with van der Waals surface area (Å²) in [4.78, 5) is 16.3. The van der Waals surface area contributed by atoms with E-state index in [1.807, 2.05) is 0 Å². The van der Waals surface area contributed by atoms with Crippen molar-refractivity contribution in [2.45, 2.75) is 13.0 Å². The Hall–Kier alpha value is -2.67. The maximum Gasteiger partial charge on any atom is 0.247 e. The maximum absolute atomic E-state index is 12.3. The molecule has 1 aromatic heterocycles. The second kappa shape index (κ2) is 8.43. The van der Waals surface area contributed by atoms with Gasteiger partial charge in [-0.1, -0.05) is 11.6 Å². The molecule has 7 nitrogen and oxygen atoms in total. The van der Waals surface area contributed by atoms with Crippen LogP contribution in [0.1, 0.15) is 6.92 Å². The van der Waals surface area contributed by atoms with Gasteiger partial charge in [0.15, 0.2) is 11.5 Å². The lowest BCUT2D eigenvalue weighted by Gasteiger charge is -2.18. The molecule has 1 heterocycles. The van der Waals surface area contributed by atoms with Crippen molar-refractivity contribution in [1.82, 2.24) is 4.98 Å². The average molecular weight is 366 g/mol. The predicted molar refractivity (Wildman–Crippen MR) is 97.1 cm³/mol. The zero-order valence-corrected chi connectivity index (χ0v) is 15.2. The van der Waals surface area contributed by atoms with Gasteiger partial charge < -0.3 is 24.8 Å². The number of hydrogen-bond donors (Lipinski definition) is 2. The first kappa shape index (κ1) is 18.7. The summed E-state index contributed by atoms with van der Waals surface area (Å²) in [6, 6.07) is 6.21. The average Bonchev–Trinajstić information content (AvgIpc) is 2.62. The van der Waals surface area contributed by atoms with E-state index in [-0.39, 0.29) is 5.91 Å². The van der Waals surface area contributed by atoms with Crippen LogP contribution in [0.25, 0.3) is 0 Å². The molecule has 0 unspecified atom stereocenters. The van der Waals surface area contributed by atoms with Gasteiger partial charge in [-0.05, 0) is 19.1 Å². The summed E-state index contributed by atoms with van der Waals surface area (Å²) in [6.45, 7) is 1.73. The second-order valence-electron chi connectivity index (χ2n) is 5.13. The third kappa shape index (κ3) is 4.67. The highest BCUT2D eigenvalue weighted by molar-refractivity contribution is 6.30.